The summed E-state index contributed by atoms with van der Waals surface area (Å²) in [6, 6.07) is 7.39. The van der Waals surface area contributed by atoms with E-state index < -0.39 is 24.7 Å². The van der Waals surface area contributed by atoms with Crippen LogP contribution in [0.3, 0.4) is 0 Å². The fraction of sp³-hybridized carbons (Fsp3) is 0.353. The normalized spacial score (nSPS) is 12.9. The number of aromatic nitrogens is 2. The van der Waals surface area contributed by atoms with Crippen LogP contribution >= 0.6 is 0 Å². The number of aliphatic hydroxyl groups is 1. The zero-order valence-corrected chi connectivity index (χ0v) is 14.8. The second kappa shape index (κ2) is 8.31. The zero-order chi connectivity index (χ0) is 20.2. The molecule has 1 amide bonds. The van der Waals surface area contributed by atoms with Crippen LogP contribution in [0.4, 0.5) is 19.0 Å². The average Bonchev–Trinajstić information content (AvgIpc) is 2.59. The van der Waals surface area contributed by atoms with E-state index in [1.807, 2.05) is 36.4 Å². The van der Waals surface area contributed by atoms with E-state index in [9.17, 15) is 18.0 Å². The minimum Gasteiger partial charge on any atom is -0.382 e. The first-order chi connectivity index (χ1) is 12.6. The molecule has 0 saturated carbocycles. The van der Waals surface area contributed by atoms with Crippen molar-refractivity contribution in [2.45, 2.75) is 18.8 Å². The molecular weight excluding hydrogens is 363 g/mol. The molecule has 1 heterocycles. The number of alkyl halides is 3. The number of nitrogens with one attached hydrogen (secondary N) is 1. The summed E-state index contributed by atoms with van der Waals surface area (Å²) >= 11 is 0. The highest BCUT2D eigenvalue weighted by Crippen LogP contribution is 2.21. The van der Waals surface area contributed by atoms with Gasteiger partial charge in [-0.05, 0) is 19.7 Å². The van der Waals surface area contributed by atoms with Crippen molar-refractivity contribution in [2.75, 3.05) is 26.4 Å². The van der Waals surface area contributed by atoms with E-state index in [2.05, 4.69) is 9.97 Å². The minimum atomic E-state index is -4.83. The predicted octanol–water partition coefficient (Wildman–Crippen LogP) is 1.44. The lowest BCUT2D eigenvalue weighted by atomic mass is 10.1. The topological polar surface area (TPSA) is 104 Å². The molecule has 0 aliphatic heterocycles. The zero-order valence-electron chi connectivity index (χ0n) is 14.8. The fourth-order valence-electron chi connectivity index (χ4n) is 2.24. The molecular formula is C17H20F3N5O2. The number of nitrogens with two attached hydrogens (primary N) is 1. The van der Waals surface area contributed by atoms with Crippen LogP contribution in [0.25, 0.3) is 11.3 Å². The first-order valence-electron chi connectivity index (χ1n) is 7.97. The van der Waals surface area contributed by atoms with Crippen molar-refractivity contribution in [2.24, 2.45) is 0 Å². The van der Waals surface area contributed by atoms with Crippen LogP contribution < -0.4 is 11.1 Å². The van der Waals surface area contributed by atoms with Crippen LogP contribution in [-0.4, -0.2) is 58.8 Å². The lowest BCUT2D eigenvalue weighted by Gasteiger charge is -2.15. The van der Waals surface area contributed by atoms with E-state index in [-0.39, 0.29) is 11.5 Å². The highest BCUT2D eigenvalue weighted by Gasteiger charge is 2.38. The van der Waals surface area contributed by atoms with Gasteiger partial charge >= 0.3 is 6.18 Å². The SMILES string of the molecule is CN(C)Cc1ccc(-c2cnc(N)c(C(=O)NCC(O)C(F)(F)F)n2)cc1. The Morgan fingerprint density at radius 3 is 2.48 bits per heavy atom. The summed E-state index contributed by atoms with van der Waals surface area (Å²) in [6.45, 7) is -0.254. The first kappa shape index (κ1) is 20.6. The largest absolute Gasteiger partial charge is 0.416 e. The quantitative estimate of drug-likeness (QED) is 0.697. The third-order valence-corrected chi connectivity index (χ3v) is 3.60. The van der Waals surface area contributed by atoms with Gasteiger partial charge in [-0.25, -0.2) is 9.97 Å². The van der Waals surface area contributed by atoms with Gasteiger partial charge in [-0.15, -0.1) is 0 Å². The van der Waals surface area contributed by atoms with Crippen LogP contribution in [-0.2, 0) is 6.54 Å². The van der Waals surface area contributed by atoms with Gasteiger partial charge in [0.05, 0.1) is 18.4 Å². The molecule has 1 unspecified atom stereocenters. The number of aliphatic hydroxyl groups excluding tert-OH is 1. The molecule has 0 bridgehead atoms. The molecule has 1 aromatic carbocycles. The summed E-state index contributed by atoms with van der Waals surface area (Å²) in [5.74, 6) is -1.17. The molecule has 2 rings (SSSR count). The lowest BCUT2D eigenvalue weighted by molar-refractivity contribution is -0.201. The summed E-state index contributed by atoms with van der Waals surface area (Å²) in [7, 11) is 3.89. The van der Waals surface area contributed by atoms with Gasteiger partial charge in [0.15, 0.2) is 17.6 Å². The molecule has 0 spiro atoms. The average molecular weight is 383 g/mol. The third kappa shape index (κ3) is 5.63. The van der Waals surface area contributed by atoms with E-state index in [1.54, 1.807) is 12.1 Å². The Bertz CT molecular complexity index is 794. The van der Waals surface area contributed by atoms with E-state index in [0.717, 1.165) is 12.1 Å². The van der Waals surface area contributed by atoms with Gasteiger partial charge in [0, 0.05) is 12.1 Å². The monoisotopic (exact) mass is 383 g/mol. The summed E-state index contributed by atoms with van der Waals surface area (Å²) in [6.07, 6.45) is -6.14. The highest BCUT2D eigenvalue weighted by molar-refractivity contribution is 5.96. The lowest BCUT2D eigenvalue weighted by Crippen LogP contribution is -2.41. The van der Waals surface area contributed by atoms with Crippen molar-refractivity contribution in [3.8, 4) is 11.3 Å². The number of rotatable bonds is 6. The molecule has 7 nitrogen and oxygen atoms in total. The van der Waals surface area contributed by atoms with Crippen molar-refractivity contribution in [3.05, 3.63) is 41.7 Å². The Morgan fingerprint density at radius 1 is 1.30 bits per heavy atom. The molecule has 0 radical (unpaired) electrons. The minimum absolute atomic E-state index is 0.220. The molecule has 146 valence electrons. The smallest absolute Gasteiger partial charge is 0.382 e. The van der Waals surface area contributed by atoms with Crippen LogP contribution in [0.5, 0.6) is 0 Å². The standard InChI is InChI=1S/C17H20F3N5O2/c1-25(2)9-10-3-5-11(6-4-10)12-7-22-15(21)14(24-12)16(27)23-8-13(26)17(18,19)20/h3-7,13,26H,8-9H2,1-2H3,(H2,21,22)(H,23,27). The molecule has 0 saturated heterocycles. The Labute approximate surface area is 154 Å². The number of nitrogen functional groups attached to an aromatic ring is 1. The highest BCUT2D eigenvalue weighted by atomic mass is 19.4. The van der Waals surface area contributed by atoms with Crippen molar-refractivity contribution < 1.29 is 23.1 Å². The fourth-order valence-corrected chi connectivity index (χ4v) is 2.24. The number of hydrogen-bond donors (Lipinski definition) is 3. The number of carbonyl (C=O) groups is 1. The van der Waals surface area contributed by atoms with E-state index in [4.69, 9.17) is 10.8 Å². The maximum absolute atomic E-state index is 12.3. The predicted molar refractivity (Wildman–Crippen MR) is 93.7 cm³/mol. The number of hydrogen-bond acceptors (Lipinski definition) is 6. The van der Waals surface area contributed by atoms with Gasteiger partial charge in [-0.2, -0.15) is 13.2 Å². The van der Waals surface area contributed by atoms with Gasteiger partial charge in [0.25, 0.3) is 5.91 Å². The second-order valence-corrected chi connectivity index (χ2v) is 6.19. The Morgan fingerprint density at radius 2 is 1.93 bits per heavy atom. The van der Waals surface area contributed by atoms with Gasteiger partial charge in [-0.3, -0.25) is 4.79 Å². The van der Waals surface area contributed by atoms with Gasteiger partial charge in [0.1, 0.15) is 0 Å². The second-order valence-electron chi connectivity index (χ2n) is 6.19. The number of halogens is 3. The van der Waals surface area contributed by atoms with Crippen molar-refractivity contribution in [3.63, 3.8) is 0 Å². The first-order valence-corrected chi connectivity index (χ1v) is 7.97. The van der Waals surface area contributed by atoms with Gasteiger partial charge in [0.2, 0.25) is 0 Å². The number of anilines is 1. The number of nitrogens with zero attached hydrogens (tertiary/aromatic N) is 3. The molecule has 0 aliphatic rings. The molecule has 1 atom stereocenters. The molecule has 0 fully saturated rings. The molecule has 4 N–H and O–H groups in total. The summed E-state index contributed by atoms with van der Waals surface area (Å²) in [5, 5.41) is 10.9. The van der Waals surface area contributed by atoms with E-state index >= 15 is 0 Å². The van der Waals surface area contributed by atoms with E-state index in [0.29, 0.717) is 11.3 Å². The number of benzene rings is 1. The van der Waals surface area contributed by atoms with Crippen molar-refractivity contribution >= 4 is 11.7 Å². The maximum atomic E-state index is 12.3. The third-order valence-electron chi connectivity index (χ3n) is 3.60. The Hall–Kier alpha value is -2.72. The van der Waals surface area contributed by atoms with Crippen LogP contribution in [0, 0.1) is 0 Å². The molecule has 1 aromatic heterocycles. The molecule has 27 heavy (non-hydrogen) atoms. The Kier molecular flexibility index (Phi) is 6.34. The summed E-state index contributed by atoms with van der Waals surface area (Å²) in [5.41, 5.74) is 7.41. The van der Waals surface area contributed by atoms with Gasteiger partial charge in [-0.1, -0.05) is 24.3 Å². The van der Waals surface area contributed by atoms with Crippen molar-refractivity contribution in [1.82, 2.24) is 20.2 Å². The molecule has 2 aromatic rings. The van der Waals surface area contributed by atoms with E-state index in [1.165, 1.54) is 6.20 Å². The summed E-state index contributed by atoms with van der Waals surface area (Å²) < 4.78 is 37.0. The summed E-state index contributed by atoms with van der Waals surface area (Å²) in [4.78, 5) is 22.1. The number of amides is 1. The Balaban J connectivity index is 2.17. The van der Waals surface area contributed by atoms with Crippen LogP contribution in [0.1, 0.15) is 16.1 Å². The van der Waals surface area contributed by atoms with Crippen molar-refractivity contribution in [1.29, 1.82) is 0 Å². The maximum Gasteiger partial charge on any atom is 0.416 e. The van der Waals surface area contributed by atoms with Crippen LogP contribution in [0.2, 0.25) is 0 Å². The van der Waals surface area contributed by atoms with Crippen LogP contribution in [0.15, 0.2) is 30.5 Å². The van der Waals surface area contributed by atoms with Gasteiger partial charge < -0.3 is 21.1 Å². The molecule has 0 aliphatic carbocycles. The molecule has 10 heteroatoms. The number of carbonyl (C=O) groups excluding carboxylic acids is 1.